The van der Waals surface area contributed by atoms with E-state index in [2.05, 4.69) is 27.1 Å². The highest BCUT2D eigenvalue weighted by Crippen LogP contribution is 2.21. The van der Waals surface area contributed by atoms with Crippen molar-refractivity contribution in [2.75, 3.05) is 6.54 Å². The number of rotatable bonds is 5. The summed E-state index contributed by atoms with van der Waals surface area (Å²) in [5.74, 6) is 1.33. The zero-order chi connectivity index (χ0) is 19.5. The van der Waals surface area contributed by atoms with Crippen molar-refractivity contribution in [2.45, 2.75) is 32.2 Å². The number of H-pyrrole nitrogens is 2. The van der Waals surface area contributed by atoms with Crippen LogP contribution in [0.3, 0.4) is 0 Å². The van der Waals surface area contributed by atoms with Crippen molar-refractivity contribution in [1.82, 2.24) is 19.9 Å². The Hall–Kier alpha value is -3.42. The van der Waals surface area contributed by atoms with E-state index < -0.39 is 11.2 Å². The molecule has 0 bridgehead atoms. The number of aromatic amines is 2. The van der Waals surface area contributed by atoms with Crippen LogP contribution in [-0.4, -0.2) is 32.3 Å². The number of nitrogens with one attached hydrogen (secondary N) is 2. The van der Waals surface area contributed by atoms with Gasteiger partial charge in [0, 0.05) is 31.1 Å². The summed E-state index contributed by atoms with van der Waals surface area (Å²) in [6, 6.07) is 10.1. The summed E-state index contributed by atoms with van der Waals surface area (Å²) < 4.78 is 5.86. The minimum Gasteiger partial charge on any atom is -0.445 e. The first-order chi connectivity index (χ1) is 13.6. The van der Waals surface area contributed by atoms with Gasteiger partial charge in [0.1, 0.15) is 11.5 Å². The third kappa shape index (κ3) is 3.95. The molecule has 0 saturated carbocycles. The van der Waals surface area contributed by atoms with Crippen LogP contribution in [0.1, 0.15) is 28.5 Å². The highest BCUT2D eigenvalue weighted by atomic mass is 16.4. The number of aromatic nitrogens is 3. The van der Waals surface area contributed by atoms with Gasteiger partial charge in [0.2, 0.25) is 5.91 Å². The molecule has 0 saturated heterocycles. The van der Waals surface area contributed by atoms with E-state index in [0.29, 0.717) is 31.8 Å². The van der Waals surface area contributed by atoms with Crippen LogP contribution < -0.4 is 11.2 Å². The zero-order valence-corrected chi connectivity index (χ0v) is 15.2. The molecule has 2 N–H and O–H groups in total. The van der Waals surface area contributed by atoms with Crippen LogP contribution >= 0.6 is 0 Å². The quantitative estimate of drug-likeness (QED) is 0.685. The van der Waals surface area contributed by atoms with Gasteiger partial charge in [-0.1, -0.05) is 30.3 Å². The van der Waals surface area contributed by atoms with Gasteiger partial charge < -0.3 is 14.3 Å². The Kier molecular flexibility index (Phi) is 4.92. The van der Waals surface area contributed by atoms with E-state index >= 15 is 0 Å². The highest BCUT2D eigenvalue weighted by molar-refractivity contribution is 5.78. The van der Waals surface area contributed by atoms with Crippen molar-refractivity contribution >= 4 is 5.91 Å². The van der Waals surface area contributed by atoms with Crippen molar-refractivity contribution in [3.63, 3.8) is 0 Å². The summed E-state index contributed by atoms with van der Waals surface area (Å²) in [5.41, 5.74) is 1.10. The molecule has 1 aromatic carbocycles. The number of carbonyl (C=O) groups excluding carboxylic acids is 1. The van der Waals surface area contributed by atoms with Crippen molar-refractivity contribution in [1.29, 1.82) is 0 Å². The molecular formula is C20H20N4O4. The van der Waals surface area contributed by atoms with E-state index in [9.17, 15) is 14.4 Å². The van der Waals surface area contributed by atoms with Crippen LogP contribution in [0.25, 0.3) is 0 Å². The van der Waals surface area contributed by atoms with Crippen LogP contribution in [0.4, 0.5) is 0 Å². The molecular weight excluding hydrogens is 360 g/mol. The lowest BCUT2D eigenvalue weighted by atomic mass is 10.1. The Morgan fingerprint density at radius 1 is 1.18 bits per heavy atom. The molecule has 2 aromatic heterocycles. The van der Waals surface area contributed by atoms with E-state index in [0.717, 1.165) is 17.9 Å². The minimum atomic E-state index is -0.588. The van der Waals surface area contributed by atoms with Gasteiger partial charge in [-0.3, -0.25) is 14.6 Å². The number of amides is 1. The first kappa shape index (κ1) is 18.0. The standard InChI is InChI=1S/C20H20N4O4/c25-18(10-14-11-21-20(27)23-19(14)26)24-9-8-16-15(12-24)22-17(28-16)7-6-13-4-2-1-3-5-13/h1-5,11H,6-10,12H2,(H2,21,23,26,27). The summed E-state index contributed by atoms with van der Waals surface area (Å²) in [4.78, 5) is 46.2. The zero-order valence-electron chi connectivity index (χ0n) is 15.2. The fourth-order valence-corrected chi connectivity index (χ4v) is 3.31. The van der Waals surface area contributed by atoms with E-state index in [4.69, 9.17) is 4.42 Å². The molecule has 0 spiro atoms. The summed E-state index contributed by atoms with van der Waals surface area (Å²) in [5, 5.41) is 0. The lowest BCUT2D eigenvalue weighted by molar-refractivity contribution is -0.131. The number of nitrogens with zero attached hydrogens (tertiary/aromatic N) is 2. The number of oxazole rings is 1. The topological polar surface area (TPSA) is 112 Å². The van der Waals surface area contributed by atoms with Gasteiger partial charge in [0.25, 0.3) is 5.56 Å². The van der Waals surface area contributed by atoms with Gasteiger partial charge >= 0.3 is 5.69 Å². The van der Waals surface area contributed by atoms with E-state index in [-0.39, 0.29) is 17.9 Å². The van der Waals surface area contributed by atoms with E-state index in [1.807, 2.05) is 18.2 Å². The fourth-order valence-electron chi connectivity index (χ4n) is 3.31. The van der Waals surface area contributed by atoms with Crippen molar-refractivity contribution in [2.24, 2.45) is 0 Å². The van der Waals surface area contributed by atoms with Crippen molar-refractivity contribution in [3.8, 4) is 0 Å². The SMILES string of the molecule is O=C(Cc1c[nH]c(=O)[nH]c1=O)N1CCc2oc(CCc3ccccc3)nc2C1. The Morgan fingerprint density at radius 3 is 2.79 bits per heavy atom. The molecule has 8 heteroatoms. The van der Waals surface area contributed by atoms with Crippen LogP contribution in [0.15, 0.2) is 50.5 Å². The molecule has 0 fully saturated rings. The summed E-state index contributed by atoms with van der Waals surface area (Å²) in [6.45, 7) is 0.880. The average molecular weight is 380 g/mol. The van der Waals surface area contributed by atoms with Gasteiger partial charge in [-0.05, 0) is 12.0 Å². The normalized spacial score (nSPS) is 13.4. The molecule has 28 heavy (non-hydrogen) atoms. The molecule has 8 nitrogen and oxygen atoms in total. The molecule has 1 aliphatic rings. The molecule has 0 aliphatic carbocycles. The summed E-state index contributed by atoms with van der Waals surface area (Å²) >= 11 is 0. The Bertz CT molecular complexity index is 1100. The molecule has 0 atom stereocenters. The first-order valence-electron chi connectivity index (χ1n) is 9.18. The maximum absolute atomic E-state index is 12.6. The second-order valence-electron chi connectivity index (χ2n) is 6.80. The average Bonchev–Trinajstić information content (AvgIpc) is 3.11. The summed E-state index contributed by atoms with van der Waals surface area (Å²) in [6.07, 6.45) is 3.36. The monoisotopic (exact) mass is 380 g/mol. The smallest absolute Gasteiger partial charge is 0.325 e. The lowest BCUT2D eigenvalue weighted by Crippen LogP contribution is -2.38. The predicted molar refractivity (Wildman–Crippen MR) is 101 cm³/mol. The Labute approximate surface area is 160 Å². The second-order valence-corrected chi connectivity index (χ2v) is 6.80. The number of aryl methyl sites for hydroxylation is 2. The minimum absolute atomic E-state index is 0.0693. The molecule has 1 aliphatic heterocycles. The maximum atomic E-state index is 12.6. The molecule has 3 heterocycles. The number of benzene rings is 1. The Morgan fingerprint density at radius 2 is 2.00 bits per heavy atom. The predicted octanol–water partition coefficient (Wildman–Crippen LogP) is 0.964. The van der Waals surface area contributed by atoms with Gasteiger partial charge in [-0.15, -0.1) is 0 Å². The summed E-state index contributed by atoms with van der Waals surface area (Å²) in [7, 11) is 0. The molecule has 1 amide bonds. The molecule has 4 rings (SSSR count). The van der Waals surface area contributed by atoms with Crippen LogP contribution in [0, 0.1) is 0 Å². The second kappa shape index (κ2) is 7.67. The molecule has 0 unspecified atom stereocenters. The number of fused-ring (bicyclic) bond motifs is 1. The number of carbonyl (C=O) groups is 1. The number of hydrogen-bond acceptors (Lipinski definition) is 5. The van der Waals surface area contributed by atoms with E-state index in [1.54, 1.807) is 4.90 Å². The van der Waals surface area contributed by atoms with Gasteiger partial charge in [-0.2, -0.15) is 0 Å². The van der Waals surface area contributed by atoms with E-state index in [1.165, 1.54) is 11.8 Å². The highest BCUT2D eigenvalue weighted by Gasteiger charge is 2.25. The van der Waals surface area contributed by atoms with Gasteiger partial charge in [0.05, 0.1) is 13.0 Å². The van der Waals surface area contributed by atoms with Gasteiger partial charge in [-0.25, -0.2) is 9.78 Å². The third-order valence-corrected chi connectivity index (χ3v) is 4.83. The molecule has 3 aromatic rings. The van der Waals surface area contributed by atoms with Gasteiger partial charge in [0.15, 0.2) is 5.89 Å². The van der Waals surface area contributed by atoms with Crippen molar-refractivity contribution in [3.05, 3.63) is 85.8 Å². The van der Waals surface area contributed by atoms with Crippen LogP contribution in [0.2, 0.25) is 0 Å². The molecule has 144 valence electrons. The Balaban J connectivity index is 1.40. The number of hydrogen-bond donors (Lipinski definition) is 2. The third-order valence-electron chi connectivity index (χ3n) is 4.83. The lowest BCUT2D eigenvalue weighted by Gasteiger charge is -2.25. The maximum Gasteiger partial charge on any atom is 0.325 e. The van der Waals surface area contributed by atoms with Crippen molar-refractivity contribution < 1.29 is 9.21 Å². The largest absolute Gasteiger partial charge is 0.445 e. The fraction of sp³-hybridized carbons (Fsp3) is 0.300. The first-order valence-corrected chi connectivity index (χ1v) is 9.18. The van der Waals surface area contributed by atoms with Crippen LogP contribution in [0.5, 0.6) is 0 Å². The molecule has 0 radical (unpaired) electrons. The van der Waals surface area contributed by atoms with Crippen LogP contribution in [-0.2, 0) is 37.0 Å².